The predicted molar refractivity (Wildman–Crippen MR) is 101 cm³/mol. The van der Waals surface area contributed by atoms with Gasteiger partial charge in [0.05, 0.1) is 18.3 Å². The Balaban J connectivity index is 1.72. The van der Waals surface area contributed by atoms with E-state index in [-0.39, 0.29) is 0 Å². The monoisotopic (exact) mass is 399 g/mol. The van der Waals surface area contributed by atoms with Gasteiger partial charge in [-0.2, -0.15) is 0 Å². The maximum atomic E-state index is 5.47. The van der Waals surface area contributed by atoms with Crippen molar-refractivity contribution in [2.24, 2.45) is 0 Å². The number of hydrogen-bond donors (Lipinski definition) is 1. The highest BCUT2D eigenvalue weighted by atomic mass is 79.9. The molecule has 1 aromatic carbocycles. The van der Waals surface area contributed by atoms with Gasteiger partial charge in [-0.25, -0.2) is 15.0 Å². The summed E-state index contributed by atoms with van der Waals surface area (Å²) in [6, 6.07) is 8.01. The molecule has 1 N–H and O–H groups in total. The third kappa shape index (κ3) is 3.17. The van der Waals surface area contributed by atoms with E-state index in [1.807, 2.05) is 24.4 Å². The lowest BCUT2D eigenvalue weighted by Crippen LogP contribution is -2.27. The fraction of sp³-hybridized carbons (Fsp3) is 0.278. The molecule has 6 nitrogen and oxygen atoms in total. The third-order valence-corrected chi connectivity index (χ3v) is 4.97. The minimum absolute atomic E-state index is 0.517. The first-order chi connectivity index (χ1) is 12.1. The minimum atomic E-state index is 0.517. The Labute approximate surface area is 154 Å². The van der Waals surface area contributed by atoms with Crippen LogP contribution in [0.1, 0.15) is 11.3 Å². The standard InChI is InChI=1S/C18H18BrN5O/c1-24-7-6-14-12(10-24)8-15(17(21-14)25-2)22-18-20-9-11-4-3-5-13(19)16(11)23-18/h3-5,8-9H,6-7,10H2,1-2H3,(H,20,22,23). The second kappa shape index (κ2) is 6.57. The summed E-state index contributed by atoms with van der Waals surface area (Å²) < 4.78 is 6.41. The zero-order valence-electron chi connectivity index (χ0n) is 14.1. The number of aromatic nitrogens is 3. The molecule has 0 spiro atoms. The lowest BCUT2D eigenvalue weighted by molar-refractivity contribution is 0.307. The number of hydrogen-bond acceptors (Lipinski definition) is 6. The number of nitrogens with one attached hydrogen (secondary N) is 1. The van der Waals surface area contributed by atoms with Gasteiger partial charge in [0.2, 0.25) is 11.8 Å². The highest BCUT2D eigenvalue weighted by Gasteiger charge is 2.19. The quantitative estimate of drug-likeness (QED) is 0.726. The van der Waals surface area contributed by atoms with Crippen LogP contribution < -0.4 is 10.1 Å². The first kappa shape index (κ1) is 16.2. The molecule has 0 saturated carbocycles. The van der Waals surface area contributed by atoms with Crippen LogP contribution >= 0.6 is 15.9 Å². The number of para-hydroxylation sites is 1. The van der Waals surface area contributed by atoms with Gasteiger partial charge >= 0.3 is 0 Å². The van der Waals surface area contributed by atoms with E-state index in [9.17, 15) is 0 Å². The van der Waals surface area contributed by atoms with Crippen molar-refractivity contribution in [3.63, 3.8) is 0 Å². The van der Waals surface area contributed by atoms with Crippen molar-refractivity contribution in [3.8, 4) is 5.88 Å². The van der Waals surface area contributed by atoms with Gasteiger partial charge in [0.25, 0.3) is 0 Å². The summed E-state index contributed by atoms with van der Waals surface area (Å²) in [5.74, 6) is 1.09. The van der Waals surface area contributed by atoms with Crippen LogP contribution in [-0.2, 0) is 13.0 Å². The molecule has 4 rings (SSSR count). The molecule has 2 aromatic heterocycles. The van der Waals surface area contributed by atoms with Gasteiger partial charge in [-0.15, -0.1) is 0 Å². The van der Waals surface area contributed by atoms with Gasteiger partial charge in [0.15, 0.2) is 0 Å². The summed E-state index contributed by atoms with van der Waals surface area (Å²) in [4.78, 5) is 16.0. The number of halogens is 1. The van der Waals surface area contributed by atoms with Crippen LogP contribution in [0.4, 0.5) is 11.6 Å². The molecule has 3 heterocycles. The molecular formula is C18H18BrN5O. The molecule has 25 heavy (non-hydrogen) atoms. The molecule has 1 aliphatic rings. The summed E-state index contributed by atoms with van der Waals surface area (Å²) in [6.07, 6.45) is 2.74. The highest BCUT2D eigenvalue weighted by molar-refractivity contribution is 9.10. The Hall–Kier alpha value is -2.25. The number of fused-ring (bicyclic) bond motifs is 2. The molecule has 3 aromatic rings. The number of rotatable bonds is 3. The van der Waals surface area contributed by atoms with Gasteiger partial charge < -0.3 is 15.0 Å². The van der Waals surface area contributed by atoms with Gasteiger partial charge in [-0.05, 0) is 40.7 Å². The molecule has 0 saturated heterocycles. The van der Waals surface area contributed by atoms with Crippen LogP contribution in [0.3, 0.4) is 0 Å². The highest BCUT2D eigenvalue weighted by Crippen LogP contribution is 2.30. The van der Waals surface area contributed by atoms with Gasteiger partial charge in [-0.3, -0.25) is 0 Å². The predicted octanol–water partition coefficient (Wildman–Crippen LogP) is 3.53. The van der Waals surface area contributed by atoms with Crippen molar-refractivity contribution >= 4 is 38.5 Å². The Morgan fingerprint density at radius 1 is 1.28 bits per heavy atom. The minimum Gasteiger partial charge on any atom is -0.480 e. The summed E-state index contributed by atoms with van der Waals surface area (Å²) in [7, 11) is 3.75. The maximum absolute atomic E-state index is 5.47. The average molecular weight is 400 g/mol. The van der Waals surface area contributed by atoms with E-state index < -0.39 is 0 Å². The molecule has 0 amide bonds. The van der Waals surface area contributed by atoms with E-state index in [1.54, 1.807) is 7.11 Å². The van der Waals surface area contributed by atoms with Crippen LogP contribution in [0.5, 0.6) is 5.88 Å². The van der Waals surface area contributed by atoms with Crippen LogP contribution in [0.2, 0.25) is 0 Å². The first-order valence-corrected chi connectivity index (χ1v) is 8.87. The van der Waals surface area contributed by atoms with Crippen LogP contribution in [0.25, 0.3) is 10.9 Å². The van der Waals surface area contributed by atoms with E-state index in [2.05, 4.69) is 54.2 Å². The number of anilines is 2. The molecule has 0 aliphatic carbocycles. The van der Waals surface area contributed by atoms with Gasteiger partial charge in [0.1, 0.15) is 5.69 Å². The van der Waals surface area contributed by atoms with E-state index in [0.29, 0.717) is 11.8 Å². The maximum Gasteiger partial charge on any atom is 0.237 e. The Kier molecular flexibility index (Phi) is 4.27. The van der Waals surface area contributed by atoms with Crippen LogP contribution in [0.15, 0.2) is 34.9 Å². The summed E-state index contributed by atoms with van der Waals surface area (Å²) in [5.41, 5.74) is 3.95. The third-order valence-electron chi connectivity index (χ3n) is 4.33. The number of likely N-dealkylation sites (N-methyl/N-ethyl adjacent to an activating group) is 1. The lowest BCUT2D eigenvalue weighted by atomic mass is 10.1. The van der Waals surface area contributed by atoms with E-state index in [4.69, 9.17) is 4.74 Å². The van der Waals surface area contributed by atoms with Crippen molar-refractivity contribution in [2.75, 3.05) is 26.0 Å². The van der Waals surface area contributed by atoms with Crippen LogP contribution in [-0.4, -0.2) is 40.6 Å². The summed E-state index contributed by atoms with van der Waals surface area (Å²) in [6.45, 7) is 1.89. The summed E-state index contributed by atoms with van der Waals surface area (Å²) in [5, 5.41) is 4.24. The number of ether oxygens (including phenoxy) is 1. The van der Waals surface area contributed by atoms with Gasteiger partial charge in [-0.1, -0.05) is 12.1 Å². The Morgan fingerprint density at radius 3 is 3.00 bits per heavy atom. The number of pyridine rings is 1. The van der Waals surface area contributed by atoms with E-state index >= 15 is 0 Å². The van der Waals surface area contributed by atoms with Crippen molar-refractivity contribution in [1.29, 1.82) is 0 Å². The molecule has 0 bridgehead atoms. The molecule has 0 unspecified atom stereocenters. The Morgan fingerprint density at radius 2 is 2.16 bits per heavy atom. The summed E-state index contributed by atoms with van der Waals surface area (Å²) >= 11 is 3.54. The fourth-order valence-corrected chi connectivity index (χ4v) is 3.51. The second-order valence-electron chi connectivity index (χ2n) is 6.14. The van der Waals surface area contributed by atoms with Crippen molar-refractivity contribution in [3.05, 3.63) is 46.2 Å². The molecular weight excluding hydrogens is 382 g/mol. The first-order valence-electron chi connectivity index (χ1n) is 8.07. The molecule has 0 radical (unpaired) electrons. The molecule has 7 heteroatoms. The number of nitrogens with zero attached hydrogens (tertiary/aromatic N) is 4. The largest absolute Gasteiger partial charge is 0.480 e. The van der Waals surface area contributed by atoms with Crippen LogP contribution in [0, 0.1) is 0 Å². The zero-order valence-corrected chi connectivity index (χ0v) is 15.7. The molecule has 128 valence electrons. The molecule has 0 atom stereocenters. The topological polar surface area (TPSA) is 63.2 Å². The molecule has 1 aliphatic heterocycles. The zero-order chi connectivity index (χ0) is 17.4. The average Bonchev–Trinajstić information content (AvgIpc) is 2.62. The van der Waals surface area contributed by atoms with Gasteiger partial charge in [0, 0.05) is 35.6 Å². The lowest BCUT2D eigenvalue weighted by Gasteiger charge is -2.25. The van der Waals surface area contributed by atoms with Crippen molar-refractivity contribution in [2.45, 2.75) is 13.0 Å². The van der Waals surface area contributed by atoms with E-state index in [0.717, 1.165) is 46.3 Å². The molecule has 0 fully saturated rings. The fourth-order valence-electron chi connectivity index (χ4n) is 3.04. The number of benzene rings is 1. The Bertz CT molecular complexity index is 946. The van der Waals surface area contributed by atoms with Crippen molar-refractivity contribution in [1.82, 2.24) is 19.9 Å². The normalized spacial score (nSPS) is 14.4. The van der Waals surface area contributed by atoms with Crippen molar-refractivity contribution < 1.29 is 4.74 Å². The smallest absolute Gasteiger partial charge is 0.237 e. The SMILES string of the molecule is COc1nc2c(cc1Nc1ncc3cccc(Br)c3n1)CN(C)CC2. The second-order valence-corrected chi connectivity index (χ2v) is 6.99. The number of methoxy groups -OCH3 is 1. The van der Waals surface area contributed by atoms with E-state index in [1.165, 1.54) is 5.56 Å².